The van der Waals surface area contributed by atoms with Crippen LogP contribution in [0.1, 0.15) is 62.1 Å². The van der Waals surface area contributed by atoms with Crippen LogP contribution in [-0.2, 0) is 26.2 Å². The normalized spacial score (nSPS) is 13.8. The number of nitrogens with two attached hydrogens (primary N) is 1. The number of nitrogens with zero attached hydrogens (tertiary/aromatic N) is 2. The number of hydrogen-bond donors (Lipinski definition) is 3. The average Bonchev–Trinajstić information content (AvgIpc) is 3.06. The van der Waals surface area contributed by atoms with Gasteiger partial charge in [0.2, 0.25) is 15.9 Å². The minimum Gasteiger partial charge on any atom is -0.452 e. The molecule has 0 heterocycles. The summed E-state index contributed by atoms with van der Waals surface area (Å²) in [6.07, 6.45) is 0.732. The molecule has 2 amide bonds. The quantitative estimate of drug-likeness (QED) is 0.211. The van der Waals surface area contributed by atoms with E-state index in [2.05, 4.69) is 0 Å². The molecule has 0 aromatic heterocycles. The van der Waals surface area contributed by atoms with Gasteiger partial charge in [0.25, 0.3) is 0 Å². The Labute approximate surface area is 266 Å². The Hall–Kier alpha value is -3.61. The summed E-state index contributed by atoms with van der Waals surface area (Å²) in [6.45, 7) is 3.18. The van der Waals surface area contributed by atoms with Crippen molar-refractivity contribution in [2.45, 2.75) is 75.1 Å². The van der Waals surface area contributed by atoms with Crippen molar-refractivity contribution in [3.8, 4) is 0 Å². The van der Waals surface area contributed by atoms with Crippen LogP contribution in [0.3, 0.4) is 0 Å². The van der Waals surface area contributed by atoms with Gasteiger partial charge < -0.3 is 20.7 Å². The predicted octanol–water partition coefficient (Wildman–Crippen LogP) is 4.25. The highest BCUT2D eigenvalue weighted by atomic mass is 32.2. The van der Waals surface area contributed by atoms with Gasteiger partial charge in [-0.15, -0.1) is 0 Å². The van der Waals surface area contributed by atoms with Crippen LogP contribution in [0.2, 0.25) is 0 Å². The van der Waals surface area contributed by atoms with E-state index in [0.717, 1.165) is 16.0 Å². The SMILES string of the molecule is CCCN([C@H](CO)CCC[C@H](C)N(C(=O)OC)C(=O)[C@@H](N)C(c1ccccc1)c1ccccc1)S(=O)(=O)c1ccc(CO)cc1. The minimum absolute atomic E-state index is 0.0720. The van der Waals surface area contributed by atoms with E-state index < -0.39 is 52.7 Å². The number of amides is 2. The van der Waals surface area contributed by atoms with Crippen molar-refractivity contribution >= 4 is 22.0 Å². The number of ether oxygens (including phenoxy) is 1. The van der Waals surface area contributed by atoms with E-state index in [9.17, 15) is 28.2 Å². The fourth-order valence-electron chi connectivity index (χ4n) is 5.54. The summed E-state index contributed by atoms with van der Waals surface area (Å²) in [5, 5.41) is 19.6. The van der Waals surface area contributed by atoms with Crippen LogP contribution in [0.4, 0.5) is 4.79 Å². The van der Waals surface area contributed by atoms with Crippen LogP contribution in [-0.4, -0.2) is 78.2 Å². The number of hydrogen-bond acceptors (Lipinski definition) is 8. The molecule has 0 saturated carbocycles. The average molecular weight is 640 g/mol. The number of aliphatic hydroxyl groups is 2. The number of imide groups is 1. The standard InChI is InChI=1S/C34H45N3O7S/c1-4-22-36(45(42,43)30-20-18-26(23-38)19-21-30)29(24-39)17-11-12-25(2)37(34(41)44-3)33(40)32(35)31(27-13-7-5-8-14-27)28-15-9-6-10-16-28/h5-10,13-16,18-21,25,29,31-32,38-39H,4,11-12,17,22-24,35H2,1-3H3/t25-,29-,32-/m0/s1. The van der Waals surface area contributed by atoms with E-state index in [4.69, 9.17) is 10.5 Å². The molecular formula is C34H45N3O7S. The van der Waals surface area contributed by atoms with Gasteiger partial charge in [0.05, 0.1) is 31.3 Å². The van der Waals surface area contributed by atoms with Gasteiger partial charge in [-0.05, 0) is 61.4 Å². The Morgan fingerprint density at radius 2 is 1.44 bits per heavy atom. The molecule has 0 fully saturated rings. The number of rotatable bonds is 16. The monoisotopic (exact) mass is 639 g/mol. The first-order chi connectivity index (χ1) is 21.6. The highest BCUT2D eigenvalue weighted by molar-refractivity contribution is 7.89. The van der Waals surface area contributed by atoms with E-state index >= 15 is 0 Å². The third-order valence-corrected chi connectivity index (χ3v) is 9.91. The van der Waals surface area contributed by atoms with Gasteiger partial charge in [0, 0.05) is 24.5 Å². The molecule has 3 aromatic carbocycles. The molecule has 11 heteroatoms. The summed E-state index contributed by atoms with van der Waals surface area (Å²) in [5.74, 6) is -1.11. The first-order valence-corrected chi connectivity index (χ1v) is 16.6. The van der Waals surface area contributed by atoms with Gasteiger partial charge in [-0.2, -0.15) is 4.31 Å². The van der Waals surface area contributed by atoms with E-state index in [1.54, 1.807) is 19.1 Å². The lowest BCUT2D eigenvalue weighted by molar-refractivity contribution is -0.132. The molecule has 0 bridgehead atoms. The summed E-state index contributed by atoms with van der Waals surface area (Å²) in [4.78, 5) is 28.0. The minimum atomic E-state index is -3.93. The zero-order valence-corrected chi connectivity index (χ0v) is 27.0. The van der Waals surface area contributed by atoms with Gasteiger partial charge in [0.1, 0.15) is 0 Å². The topological polar surface area (TPSA) is 150 Å². The first-order valence-electron chi connectivity index (χ1n) is 15.2. The van der Waals surface area contributed by atoms with Crippen molar-refractivity contribution in [3.63, 3.8) is 0 Å². The number of carbonyl (C=O) groups excluding carboxylic acids is 2. The lowest BCUT2D eigenvalue weighted by Gasteiger charge is -2.33. The predicted molar refractivity (Wildman–Crippen MR) is 173 cm³/mol. The van der Waals surface area contributed by atoms with Gasteiger partial charge in [-0.1, -0.05) is 79.7 Å². The molecule has 3 atom stereocenters. The van der Waals surface area contributed by atoms with Crippen molar-refractivity contribution in [3.05, 3.63) is 102 Å². The van der Waals surface area contributed by atoms with Gasteiger partial charge in [-0.3, -0.25) is 4.79 Å². The maximum Gasteiger partial charge on any atom is 0.416 e. The van der Waals surface area contributed by atoms with Crippen molar-refractivity contribution in [2.75, 3.05) is 20.3 Å². The first kappa shape index (κ1) is 35.9. The van der Waals surface area contributed by atoms with Crippen molar-refractivity contribution in [1.82, 2.24) is 9.21 Å². The van der Waals surface area contributed by atoms with E-state index in [1.165, 1.54) is 23.5 Å². The molecule has 3 rings (SSSR count). The van der Waals surface area contributed by atoms with Gasteiger partial charge in [-0.25, -0.2) is 18.1 Å². The number of methoxy groups -OCH3 is 1. The lowest BCUT2D eigenvalue weighted by atomic mass is 9.84. The molecule has 10 nitrogen and oxygen atoms in total. The molecule has 0 aliphatic heterocycles. The smallest absolute Gasteiger partial charge is 0.416 e. The maximum absolute atomic E-state index is 13.9. The van der Waals surface area contributed by atoms with E-state index in [1.807, 2.05) is 67.6 Å². The molecule has 0 radical (unpaired) electrons. The van der Waals surface area contributed by atoms with Crippen LogP contribution in [0.25, 0.3) is 0 Å². The molecule has 45 heavy (non-hydrogen) atoms. The van der Waals surface area contributed by atoms with Crippen LogP contribution >= 0.6 is 0 Å². The zero-order chi connectivity index (χ0) is 33.0. The number of carbonyl (C=O) groups is 2. The third-order valence-electron chi connectivity index (χ3n) is 7.94. The third kappa shape index (κ3) is 8.99. The maximum atomic E-state index is 13.9. The second kappa shape index (κ2) is 17.2. The molecule has 0 unspecified atom stereocenters. The fourth-order valence-corrected chi connectivity index (χ4v) is 7.28. The second-order valence-corrected chi connectivity index (χ2v) is 12.9. The van der Waals surface area contributed by atoms with E-state index in [0.29, 0.717) is 31.2 Å². The molecule has 4 N–H and O–H groups in total. The Morgan fingerprint density at radius 1 is 0.889 bits per heavy atom. The van der Waals surface area contributed by atoms with Crippen LogP contribution in [0.15, 0.2) is 89.8 Å². The number of sulfonamides is 1. The van der Waals surface area contributed by atoms with Crippen LogP contribution in [0, 0.1) is 0 Å². The largest absolute Gasteiger partial charge is 0.452 e. The van der Waals surface area contributed by atoms with E-state index in [-0.39, 0.29) is 18.0 Å². The highest BCUT2D eigenvalue weighted by Gasteiger charge is 2.37. The van der Waals surface area contributed by atoms with Crippen LogP contribution in [0.5, 0.6) is 0 Å². The number of benzene rings is 3. The molecule has 244 valence electrons. The molecule has 3 aromatic rings. The zero-order valence-electron chi connectivity index (χ0n) is 26.2. The Morgan fingerprint density at radius 3 is 1.91 bits per heavy atom. The van der Waals surface area contributed by atoms with Crippen molar-refractivity contribution in [1.29, 1.82) is 0 Å². The molecule has 0 aliphatic rings. The summed E-state index contributed by atoms with van der Waals surface area (Å²) < 4.78 is 33.4. The Kier molecular flexibility index (Phi) is 13.7. The summed E-state index contributed by atoms with van der Waals surface area (Å²) in [7, 11) is -2.73. The highest BCUT2D eigenvalue weighted by Crippen LogP contribution is 2.29. The molecule has 0 aliphatic carbocycles. The summed E-state index contributed by atoms with van der Waals surface area (Å²) >= 11 is 0. The van der Waals surface area contributed by atoms with Gasteiger partial charge in [0.15, 0.2) is 0 Å². The molecule has 0 saturated heterocycles. The van der Waals surface area contributed by atoms with Gasteiger partial charge >= 0.3 is 6.09 Å². The Balaban J connectivity index is 1.79. The number of aliphatic hydroxyl groups excluding tert-OH is 2. The van der Waals surface area contributed by atoms with Crippen LogP contribution < -0.4 is 5.73 Å². The summed E-state index contributed by atoms with van der Waals surface area (Å²) in [5.41, 5.74) is 8.88. The van der Waals surface area contributed by atoms with Crippen molar-refractivity contribution < 1.29 is 33.0 Å². The summed E-state index contributed by atoms with van der Waals surface area (Å²) in [6, 6.07) is 22.4. The molecular weight excluding hydrogens is 594 g/mol. The lowest BCUT2D eigenvalue weighted by Crippen LogP contribution is -2.53. The molecule has 0 spiro atoms. The second-order valence-electron chi connectivity index (χ2n) is 11.0. The van der Waals surface area contributed by atoms with Crippen molar-refractivity contribution in [2.24, 2.45) is 5.73 Å². The fraction of sp³-hybridized carbons (Fsp3) is 0.412. The Bertz CT molecular complexity index is 1410.